The van der Waals surface area contributed by atoms with Crippen LogP contribution in [0.15, 0.2) is 61.2 Å². The number of imidazole rings is 1. The molecule has 110 valence electrons. The summed E-state index contributed by atoms with van der Waals surface area (Å²) in [5.74, 6) is -0.0865. The topological polar surface area (TPSA) is 46.9 Å². The Morgan fingerprint density at radius 2 is 1.86 bits per heavy atom. The van der Waals surface area contributed by atoms with E-state index in [1.165, 1.54) is 0 Å². The van der Waals surface area contributed by atoms with E-state index in [1.807, 2.05) is 67.1 Å². The third-order valence-electron chi connectivity index (χ3n) is 3.78. The molecule has 0 aliphatic carbocycles. The molecule has 3 rings (SSSR count). The van der Waals surface area contributed by atoms with Crippen LogP contribution in [0, 0.1) is 13.8 Å². The van der Waals surface area contributed by atoms with Crippen molar-refractivity contribution in [2.45, 2.75) is 13.8 Å². The molecule has 2 aromatic carbocycles. The molecule has 4 nitrogen and oxygen atoms in total. The molecule has 0 bridgehead atoms. The number of hydrogen-bond acceptors (Lipinski definition) is 2. The van der Waals surface area contributed by atoms with Gasteiger partial charge in [0.15, 0.2) is 0 Å². The number of benzene rings is 2. The summed E-state index contributed by atoms with van der Waals surface area (Å²) in [6.07, 6.45) is 5.35. The van der Waals surface area contributed by atoms with E-state index in [2.05, 4.69) is 10.3 Å². The van der Waals surface area contributed by atoms with Crippen molar-refractivity contribution >= 4 is 11.6 Å². The average Bonchev–Trinajstić information content (AvgIpc) is 3.05. The van der Waals surface area contributed by atoms with Gasteiger partial charge in [-0.05, 0) is 55.3 Å². The highest BCUT2D eigenvalue weighted by atomic mass is 16.1. The highest BCUT2D eigenvalue weighted by Gasteiger charge is 2.10. The largest absolute Gasteiger partial charge is 0.322 e. The van der Waals surface area contributed by atoms with Gasteiger partial charge in [0.05, 0.1) is 6.33 Å². The lowest BCUT2D eigenvalue weighted by Gasteiger charge is -2.10. The molecule has 1 aromatic heterocycles. The molecular weight excluding hydrogens is 274 g/mol. The average molecular weight is 291 g/mol. The molecule has 1 N–H and O–H groups in total. The Kier molecular flexibility index (Phi) is 3.74. The van der Waals surface area contributed by atoms with Crippen LogP contribution in [0.3, 0.4) is 0 Å². The molecule has 0 spiro atoms. The van der Waals surface area contributed by atoms with E-state index < -0.39 is 0 Å². The van der Waals surface area contributed by atoms with Gasteiger partial charge in [0.25, 0.3) is 5.91 Å². The molecule has 0 fully saturated rings. The summed E-state index contributed by atoms with van der Waals surface area (Å²) in [6.45, 7) is 3.97. The van der Waals surface area contributed by atoms with E-state index in [4.69, 9.17) is 0 Å². The van der Waals surface area contributed by atoms with Gasteiger partial charge in [-0.1, -0.05) is 12.1 Å². The number of anilines is 1. The monoisotopic (exact) mass is 291 g/mol. The van der Waals surface area contributed by atoms with Crippen LogP contribution in [0.5, 0.6) is 0 Å². The van der Waals surface area contributed by atoms with Gasteiger partial charge in [-0.25, -0.2) is 4.98 Å². The van der Waals surface area contributed by atoms with Crippen molar-refractivity contribution in [2.24, 2.45) is 0 Å². The predicted octanol–water partition coefficient (Wildman–Crippen LogP) is 3.74. The summed E-state index contributed by atoms with van der Waals surface area (Å²) >= 11 is 0. The van der Waals surface area contributed by atoms with E-state index in [0.29, 0.717) is 5.56 Å². The Morgan fingerprint density at radius 1 is 1.09 bits per heavy atom. The van der Waals surface area contributed by atoms with E-state index in [0.717, 1.165) is 22.5 Å². The Bertz CT molecular complexity index is 790. The third-order valence-corrected chi connectivity index (χ3v) is 3.78. The fraction of sp³-hybridized carbons (Fsp3) is 0.111. The molecule has 0 saturated heterocycles. The molecule has 3 aromatic rings. The van der Waals surface area contributed by atoms with Crippen molar-refractivity contribution in [1.82, 2.24) is 9.55 Å². The lowest BCUT2D eigenvalue weighted by molar-refractivity contribution is 0.102. The molecule has 0 aliphatic rings. The minimum absolute atomic E-state index is 0.0865. The Balaban J connectivity index is 1.78. The highest BCUT2D eigenvalue weighted by Crippen LogP contribution is 2.17. The quantitative estimate of drug-likeness (QED) is 0.799. The number of nitrogens with zero attached hydrogens (tertiary/aromatic N) is 2. The SMILES string of the molecule is Cc1cccc(C(=O)Nc2ccc(-n3ccnc3)cc2)c1C. The molecule has 22 heavy (non-hydrogen) atoms. The van der Waals surface area contributed by atoms with Crippen LogP contribution in [-0.4, -0.2) is 15.5 Å². The van der Waals surface area contributed by atoms with Crippen LogP contribution in [-0.2, 0) is 0 Å². The first-order valence-electron chi connectivity index (χ1n) is 7.11. The summed E-state index contributed by atoms with van der Waals surface area (Å²) in [5.41, 5.74) is 4.61. The number of aryl methyl sites for hydroxylation is 1. The molecule has 0 unspecified atom stereocenters. The second-order valence-electron chi connectivity index (χ2n) is 5.22. The summed E-state index contributed by atoms with van der Waals surface area (Å²) < 4.78 is 1.91. The van der Waals surface area contributed by atoms with Gasteiger partial charge in [-0.15, -0.1) is 0 Å². The minimum atomic E-state index is -0.0865. The summed E-state index contributed by atoms with van der Waals surface area (Å²) in [7, 11) is 0. The van der Waals surface area contributed by atoms with Crippen LogP contribution in [0.25, 0.3) is 5.69 Å². The molecule has 0 aliphatic heterocycles. The summed E-state index contributed by atoms with van der Waals surface area (Å²) in [4.78, 5) is 16.4. The second kappa shape index (κ2) is 5.85. The molecule has 1 heterocycles. The molecule has 0 saturated carbocycles. The number of carbonyl (C=O) groups excluding carboxylic acids is 1. The Hall–Kier alpha value is -2.88. The van der Waals surface area contributed by atoms with Gasteiger partial charge in [0.1, 0.15) is 0 Å². The van der Waals surface area contributed by atoms with Gasteiger partial charge >= 0.3 is 0 Å². The van der Waals surface area contributed by atoms with Crippen molar-refractivity contribution < 1.29 is 4.79 Å². The van der Waals surface area contributed by atoms with Crippen molar-refractivity contribution in [3.63, 3.8) is 0 Å². The normalized spacial score (nSPS) is 10.5. The maximum Gasteiger partial charge on any atom is 0.255 e. The number of carbonyl (C=O) groups is 1. The third kappa shape index (κ3) is 2.76. The van der Waals surface area contributed by atoms with Crippen LogP contribution in [0.2, 0.25) is 0 Å². The highest BCUT2D eigenvalue weighted by molar-refractivity contribution is 6.05. The maximum absolute atomic E-state index is 12.4. The van der Waals surface area contributed by atoms with Crippen molar-refractivity contribution in [2.75, 3.05) is 5.32 Å². The molecule has 0 atom stereocenters. The van der Waals surface area contributed by atoms with E-state index in [1.54, 1.807) is 12.5 Å². The first-order valence-corrected chi connectivity index (χ1v) is 7.11. The van der Waals surface area contributed by atoms with Crippen LogP contribution < -0.4 is 5.32 Å². The predicted molar refractivity (Wildman–Crippen MR) is 87.4 cm³/mol. The van der Waals surface area contributed by atoms with Gasteiger partial charge in [0.2, 0.25) is 0 Å². The van der Waals surface area contributed by atoms with Crippen molar-refractivity contribution in [3.05, 3.63) is 77.9 Å². The maximum atomic E-state index is 12.4. The molecule has 4 heteroatoms. The number of nitrogens with one attached hydrogen (secondary N) is 1. The van der Waals surface area contributed by atoms with Gasteiger partial charge in [-0.2, -0.15) is 0 Å². The van der Waals surface area contributed by atoms with E-state index >= 15 is 0 Å². The number of aromatic nitrogens is 2. The fourth-order valence-corrected chi connectivity index (χ4v) is 2.32. The van der Waals surface area contributed by atoms with E-state index in [9.17, 15) is 4.79 Å². The smallest absolute Gasteiger partial charge is 0.255 e. The van der Waals surface area contributed by atoms with E-state index in [-0.39, 0.29) is 5.91 Å². The second-order valence-corrected chi connectivity index (χ2v) is 5.22. The summed E-state index contributed by atoms with van der Waals surface area (Å²) in [5, 5.41) is 2.93. The van der Waals surface area contributed by atoms with Gasteiger partial charge in [0, 0.05) is 29.3 Å². The summed E-state index contributed by atoms with van der Waals surface area (Å²) in [6, 6.07) is 13.4. The fourth-order valence-electron chi connectivity index (χ4n) is 2.32. The number of hydrogen-bond donors (Lipinski definition) is 1. The Labute approximate surface area is 129 Å². The molecule has 1 amide bonds. The molecule has 0 radical (unpaired) electrons. The zero-order valence-electron chi connectivity index (χ0n) is 12.6. The first kappa shape index (κ1) is 14.1. The minimum Gasteiger partial charge on any atom is -0.322 e. The standard InChI is InChI=1S/C18H17N3O/c1-13-4-3-5-17(14(13)2)18(22)20-15-6-8-16(9-7-15)21-11-10-19-12-21/h3-12H,1-2H3,(H,20,22). The number of rotatable bonds is 3. The zero-order chi connectivity index (χ0) is 15.5. The lowest BCUT2D eigenvalue weighted by Crippen LogP contribution is -2.13. The number of amides is 1. The lowest BCUT2D eigenvalue weighted by atomic mass is 10.0. The van der Waals surface area contributed by atoms with Crippen molar-refractivity contribution in [1.29, 1.82) is 0 Å². The Morgan fingerprint density at radius 3 is 2.55 bits per heavy atom. The van der Waals surface area contributed by atoms with Gasteiger partial charge in [-0.3, -0.25) is 4.79 Å². The zero-order valence-corrected chi connectivity index (χ0v) is 12.6. The van der Waals surface area contributed by atoms with Crippen LogP contribution in [0.1, 0.15) is 21.5 Å². The van der Waals surface area contributed by atoms with Gasteiger partial charge < -0.3 is 9.88 Å². The first-order chi connectivity index (χ1) is 10.6. The van der Waals surface area contributed by atoms with Crippen LogP contribution in [0.4, 0.5) is 5.69 Å². The van der Waals surface area contributed by atoms with Crippen molar-refractivity contribution in [3.8, 4) is 5.69 Å². The molecular formula is C18H17N3O. The van der Waals surface area contributed by atoms with Crippen LogP contribution >= 0.6 is 0 Å².